The Morgan fingerprint density at radius 1 is 1.10 bits per heavy atom. The van der Waals surface area contributed by atoms with Crippen LogP contribution >= 0.6 is 0 Å². The van der Waals surface area contributed by atoms with Gasteiger partial charge in [0.05, 0.1) is 19.1 Å². The summed E-state index contributed by atoms with van der Waals surface area (Å²) < 4.78 is 31.1. The number of rotatable bonds is 10. The van der Waals surface area contributed by atoms with Crippen LogP contribution in [0.5, 0.6) is 5.75 Å². The van der Waals surface area contributed by atoms with Crippen molar-refractivity contribution in [2.75, 3.05) is 37.8 Å². The van der Waals surface area contributed by atoms with Crippen molar-refractivity contribution in [2.45, 2.75) is 19.4 Å². The Labute approximate surface area is 183 Å². The summed E-state index contributed by atoms with van der Waals surface area (Å²) >= 11 is 0. The topological polar surface area (TPSA) is 96.0 Å². The molecule has 2 aromatic carbocycles. The second-order valence-corrected chi connectivity index (χ2v) is 8.99. The molecular weight excluding hydrogens is 418 g/mol. The van der Waals surface area contributed by atoms with E-state index in [-0.39, 0.29) is 12.5 Å². The molecule has 0 heterocycles. The molecule has 1 atom stereocenters. The van der Waals surface area contributed by atoms with Crippen molar-refractivity contribution in [3.8, 4) is 5.75 Å². The standard InChI is InChI=1S/C22H29N3O5S/c1-17(22(27)23-2)24(14-13-18-9-6-5-7-10-18)21(26)16-25(31(4,28)29)19-11-8-12-20(15-19)30-3/h5-12,15,17H,13-14,16H2,1-4H3,(H,23,27)/t17-/m0/s1. The highest BCUT2D eigenvalue weighted by molar-refractivity contribution is 7.92. The van der Waals surface area contributed by atoms with E-state index in [4.69, 9.17) is 4.74 Å². The molecular formula is C22H29N3O5S. The first kappa shape index (κ1) is 24.2. The number of ether oxygens (including phenoxy) is 1. The molecule has 2 amide bonds. The molecule has 0 saturated carbocycles. The zero-order chi connectivity index (χ0) is 23.0. The second-order valence-electron chi connectivity index (χ2n) is 7.08. The van der Waals surface area contributed by atoms with Gasteiger partial charge in [0.25, 0.3) is 0 Å². The van der Waals surface area contributed by atoms with Gasteiger partial charge >= 0.3 is 0 Å². The van der Waals surface area contributed by atoms with Gasteiger partial charge in [-0.15, -0.1) is 0 Å². The lowest BCUT2D eigenvalue weighted by atomic mass is 10.1. The van der Waals surface area contributed by atoms with E-state index in [1.165, 1.54) is 19.1 Å². The number of benzene rings is 2. The predicted molar refractivity (Wildman–Crippen MR) is 121 cm³/mol. The molecule has 9 heteroatoms. The molecule has 0 bridgehead atoms. The zero-order valence-corrected chi connectivity index (χ0v) is 19.1. The highest BCUT2D eigenvalue weighted by Gasteiger charge is 2.29. The third kappa shape index (κ3) is 6.71. The molecule has 8 nitrogen and oxygen atoms in total. The Kier molecular flexibility index (Phi) is 8.44. The third-order valence-corrected chi connectivity index (χ3v) is 6.06. The van der Waals surface area contributed by atoms with Crippen molar-refractivity contribution in [2.24, 2.45) is 0 Å². The maximum absolute atomic E-state index is 13.2. The van der Waals surface area contributed by atoms with E-state index in [1.807, 2.05) is 30.3 Å². The van der Waals surface area contributed by atoms with E-state index in [2.05, 4.69) is 5.32 Å². The van der Waals surface area contributed by atoms with Crippen LogP contribution in [0.15, 0.2) is 54.6 Å². The summed E-state index contributed by atoms with van der Waals surface area (Å²) in [5.74, 6) is -0.327. The van der Waals surface area contributed by atoms with Gasteiger partial charge in [-0.2, -0.15) is 0 Å². The first-order chi connectivity index (χ1) is 14.7. The van der Waals surface area contributed by atoms with Crippen LogP contribution in [-0.2, 0) is 26.0 Å². The van der Waals surface area contributed by atoms with Gasteiger partial charge in [0.1, 0.15) is 18.3 Å². The van der Waals surface area contributed by atoms with Crippen LogP contribution in [0, 0.1) is 0 Å². The van der Waals surface area contributed by atoms with E-state index < -0.39 is 28.5 Å². The van der Waals surface area contributed by atoms with E-state index in [0.29, 0.717) is 17.9 Å². The molecule has 2 aromatic rings. The minimum atomic E-state index is -3.76. The number of carbonyl (C=O) groups excluding carboxylic acids is 2. The molecule has 31 heavy (non-hydrogen) atoms. The van der Waals surface area contributed by atoms with Crippen LogP contribution in [0.2, 0.25) is 0 Å². The molecule has 168 valence electrons. The van der Waals surface area contributed by atoms with Crippen molar-refractivity contribution < 1.29 is 22.7 Å². The van der Waals surface area contributed by atoms with Gasteiger partial charge in [-0.25, -0.2) is 8.42 Å². The normalized spacial score (nSPS) is 12.0. The number of hydrogen-bond acceptors (Lipinski definition) is 5. The number of nitrogens with one attached hydrogen (secondary N) is 1. The fourth-order valence-corrected chi connectivity index (χ4v) is 4.00. The fourth-order valence-electron chi connectivity index (χ4n) is 3.16. The highest BCUT2D eigenvalue weighted by Crippen LogP contribution is 2.23. The summed E-state index contributed by atoms with van der Waals surface area (Å²) in [5.41, 5.74) is 1.32. The Morgan fingerprint density at radius 2 is 1.77 bits per heavy atom. The average Bonchev–Trinajstić information content (AvgIpc) is 2.76. The molecule has 0 saturated heterocycles. The van der Waals surface area contributed by atoms with Gasteiger partial charge in [0, 0.05) is 19.7 Å². The quantitative estimate of drug-likeness (QED) is 0.598. The lowest BCUT2D eigenvalue weighted by molar-refractivity contribution is -0.138. The smallest absolute Gasteiger partial charge is 0.244 e. The summed E-state index contributed by atoms with van der Waals surface area (Å²) in [7, 11) is -0.785. The first-order valence-corrected chi connectivity index (χ1v) is 11.7. The highest BCUT2D eigenvalue weighted by atomic mass is 32.2. The van der Waals surface area contributed by atoms with Gasteiger partial charge in [0.2, 0.25) is 21.8 Å². The number of anilines is 1. The van der Waals surface area contributed by atoms with E-state index in [1.54, 1.807) is 31.2 Å². The molecule has 0 radical (unpaired) electrons. The van der Waals surface area contributed by atoms with E-state index in [9.17, 15) is 18.0 Å². The summed E-state index contributed by atoms with van der Waals surface area (Å²) in [6.07, 6.45) is 1.57. The van der Waals surface area contributed by atoms with Crippen LogP contribution in [0.1, 0.15) is 12.5 Å². The van der Waals surface area contributed by atoms with Crippen molar-refractivity contribution in [3.63, 3.8) is 0 Å². The summed E-state index contributed by atoms with van der Waals surface area (Å²) in [6, 6.07) is 15.3. The minimum Gasteiger partial charge on any atom is -0.497 e. The summed E-state index contributed by atoms with van der Waals surface area (Å²) in [6.45, 7) is 1.47. The maximum atomic E-state index is 13.2. The Hall–Kier alpha value is -3.07. The molecule has 0 unspecified atom stereocenters. The molecule has 0 aliphatic carbocycles. The van der Waals surface area contributed by atoms with Crippen LogP contribution in [0.4, 0.5) is 5.69 Å². The van der Waals surface area contributed by atoms with Gasteiger partial charge in [-0.1, -0.05) is 36.4 Å². The summed E-state index contributed by atoms with van der Waals surface area (Å²) in [5, 5.41) is 2.55. The molecule has 2 rings (SSSR count). The third-order valence-electron chi connectivity index (χ3n) is 4.92. The average molecular weight is 448 g/mol. The number of nitrogens with zero attached hydrogens (tertiary/aromatic N) is 2. The van der Waals surface area contributed by atoms with Crippen LogP contribution < -0.4 is 14.4 Å². The van der Waals surface area contributed by atoms with Crippen LogP contribution in [-0.4, -0.2) is 64.7 Å². The molecule has 0 aromatic heterocycles. The fraction of sp³-hybridized carbons (Fsp3) is 0.364. The zero-order valence-electron chi connectivity index (χ0n) is 18.2. The second kappa shape index (κ2) is 10.8. The molecule has 1 N–H and O–H groups in total. The molecule has 0 aliphatic heterocycles. The first-order valence-electron chi connectivity index (χ1n) is 9.84. The van der Waals surface area contributed by atoms with Crippen LogP contribution in [0.25, 0.3) is 0 Å². The largest absolute Gasteiger partial charge is 0.497 e. The number of hydrogen-bond donors (Lipinski definition) is 1. The van der Waals surface area contributed by atoms with Gasteiger partial charge in [0.15, 0.2) is 0 Å². The number of likely N-dealkylation sites (N-methyl/N-ethyl adjacent to an activating group) is 1. The lowest BCUT2D eigenvalue weighted by Gasteiger charge is -2.31. The molecule has 0 aliphatic rings. The number of carbonyl (C=O) groups is 2. The lowest BCUT2D eigenvalue weighted by Crippen LogP contribution is -2.51. The minimum absolute atomic E-state index is 0.271. The maximum Gasteiger partial charge on any atom is 0.244 e. The van der Waals surface area contributed by atoms with Crippen molar-refractivity contribution in [1.29, 1.82) is 0 Å². The molecule has 0 fully saturated rings. The summed E-state index contributed by atoms with van der Waals surface area (Å²) in [4.78, 5) is 26.9. The van der Waals surface area contributed by atoms with Crippen LogP contribution in [0.3, 0.4) is 0 Å². The van der Waals surface area contributed by atoms with Gasteiger partial charge < -0.3 is 15.0 Å². The van der Waals surface area contributed by atoms with Crippen molar-refractivity contribution in [1.82, 2.24) is 10.2 Å². The number of amides is 2. The Morgan fingerprint density at radius 3 is 2.35 bits per heavy atom. The predicted octanol–water partition coefficient (Wildman–Crippen LogP) is 1.67. The monoisotopic (exact) mass is 447 g/mol. The van der Waals surface area contributed by atoms with Crippen molar-refractivity contribution in [3.05, 3.63) is 60.2 Å². The van der Waals surface area contributed by atoms with Crippen molar-refractivity contribution >= 4 is 27.5 Å². The van der Waals surface area contributed by atoms with Gasteiger partial charge in [-0.05, 0) is 31.0 Å². The molecule has 0 spiro atoms. The van der Waals surface area contributed by atoms with Gasteiger partial charge in [-0.3, -0.25) is 13.9 Å². The number of sulfonamides is 1. The van der Waals surface area contributed by atoms with E-state index in [0.717, 1.165) is 16.1 Å². The Bertz CT molecular complexity index is 995. The van der Waals surface area contributed by atoms with E-state index >= 15 is 0 Å². The Balaban J connectivity index is 2.30. The number of methoxy groups -OCH3 is 1. The SMILES string of the molecule is CNC(=O)[C@H](C)N(CCc1ccccc1)C(=O)CN(c1cccc(OC)c1)S(C)(=O)=O.